The van der Waals surface area contributed by atoms with Gasteiger partial charge in [-0.15, -0.1) is 12.4 Å². The van der Waals surface area contributed by atoms with E-state index in [9.17, 15) is 19.2 Å². The predicted octanol–water partition coefficient (Wildman–Crippen LogP) is 1.75. The van der Waals surface area contributed by atoms with E-state index in [0.717, 1.165) is 16.7 Å². The van der Waals surface area contributed by atoms with Crippen LogP contribution in [-0.4, -0.2) is 28.1 Å². The molecule has 1 heterocycles. The van der Waals surface area contributed by atoms with Crippen LogP contribution in [0.5, 0.6) is 0 Å². The standard InChI is InChI=1S/C13H15N3O2.C10H8N2O3.ClH/c1-15-10-11(13(18)12(10)17)16-7-9-4-2-3-8(5-9)6-14;1-5-3-2-4-6-7(5)9(13)12-8(11-6)10(14)15;/h2-5,15-16H,6-7,14H2,1H3;2-4H,1H3,(H,14,15)(H,11,12,13);1H. The number of aromatic amines is 1. The van der Waals surface area contributed by atoms with Gasteiger partial charge in [0.1, 0.15) is 11.4 Å². The van der Waals surface area contributed by atoms with Crippen LogP contribution in [0.2, 0.25) is 0 Å². The average molecular weight is 486 g/mol. The maximum Gasteiger partial charge on any atom is 0.372 e. The summed E-state index contributed by atoms with van der Waals surface area (Å²) in [5, 5.41) is 14.8. The van der Waals surface area contributed by atoms with Gasteiger partial charge in [0.25, 0.3) is 16.4 Å². The van der Waals surface area contributed by atoms with Crippen molar-refractivity contribution in [1.29, 1.82) is 0 Å². The number of rotatable bonds is 6. The van der Waals surface area contributed by atoms with Crippen LogP contribution in [0.4, 0.5) is 11.4 Å². The Hall–Kier alpha value is -4.02. The van der Waals surface area contributed by atoms with Crippen molar-refractivity contribution in [3.05, 3.63) is 95.8 Å². The van der Waals surface area contributed by atoms with Crippen molar-refractivity contribution in [2.75, 3.05) is 17.7 Å². The number of benzene rings is 2. The summed E-state index contributed by atoms with van der Waals surface area (Å²) >= 11 is 0. The van der Waals surface area contributed by atoms with Crippen molar-refractivity contribution in [2.45, 2.75) is 20.0 Å². The van der Waals surface area contributed by atoms with E-state index in [0.29, 0.717) is 35.4 Å². The number of aromatic nitrogens is 2. The number of carboxylic acids is 1. The van der Waals surface area contributed by atoms with Gasteiger partial charge in [-0.05, 0) is 29.7 Å². The molecule has 0 spiro atoms. The van der Waals surface area contributed by atoms with E-state index in [-0.39, 0.29) is 18.2 Å². The SMILES string of the molecule is CNc1c(NCc2cccc(CN)c2)c(=O)c1=O.Cc1cccc2nc(C(=O)O)[nH]c(=O)c12.Cl. The quantitative estimate of drug-likeness (QED) is 0.255. The Labute approximate surface area is 200 Å². The van der Waals surface area contributed by atoms with Crippen LogP contribution in [0.25, 0.3) is 10.9 Å². The number of nitrogens with one attached hydrogen (secondary N) is 3. The number of nitrogens with two attached hydrogens (primary N) is 1. The Morgan fingerprint density at radius 1 is 1.06 bits per heavy atom. The van der Waals surface area contributed by atoms with Gasteiger partial charge in [0.2, 0.25) is 5.82 Å². The molecule has 0 radical (unpaired) electrons. The first kappa shape index (κ1) is 26.2. The van der Waals surface area contributed by atoms with E-state index in [1.807, 2.05) is 24.3 Å². The van der Waals surface area contributed by atoms with E-state index in [1.165, 1.54) is 0 Å². The number of H-pyrrole nitrogens is 1. The molecule has 0 atom stereocenters. The van der Waals surface area contributed by atoms with Crippen LogP contribution in [0.3, 0.4) is 0 Å². The number of hydrogen-bond acceptors (Lipinski definition) is 8. The van der Waals surface area contributed by atoms with E-state index in [1.54, 1.807) is 32.2 Å². The lowest BCUT2D eigenvalue weighted by Gasteiger charge is -2.12. The molecule has 1 aromatic heterocycles. The van der Waals surface area contributed by atoms with Crippen LogP contribution in [-0.2, 0) is 13.1 Å². The first-order valence-electron chi connectivity index (χ1n) is 10.0. The molecule has 0 aliphatic carbocycles. The second-order valence-corrected chi connectivity index (χ2v) is 7.22. The first-order valence-corrected chi connectivity index (χ1v) is 10.0. The summed E-state index contributed by atoms with van der Waals surface area (Å²) in [4.78, 5) is 50.8. The Morgan fingerprint density at radius 3 is 2.35 bits per heavy atom. The van der Waals surface area contributed by atoms with Gasteiger partial charge in [-0.1, -0.05) is 36.4 Å². The van der Waals surface area contributed by atoms with Gasteiger partial charge in [0.05, 0.1) is 10.9 Å². The summed E-state index contributed by atoms with van der Waals surface area (Å²) in [6, 6.07) is 12.9. The highest BCUT2D eigenvalue weighted by molar-refractivity contribution is 5.88. The van der Waals surface area contributed by atoms with Crippen LogP contribution in [0.15, 0.2) is 56.8 Å². The number of halogens is 1. The largest absolute Gasteiger partial charge is 0.475 e. The van der Waals surface area contributed by atoms with Crippen LogP contribution in [0, 0.1) is 6.92 Å². The number of aromatic carboxylic acids is 1. The molecule has 0 bridgehead atoms. The first-order chi connectivity index (χ1) is 15.8. The minimum Gasteiger partial charge on any atom is -0.475 e. The molecule has 11 heteroatoms. The zero-order chi connectivity index (χ0) is 24.1. The molecule has 0 unspecified atom stereocenters. The fourth-order valence-electron chi connectivity index (χ4n) is 3.32. The summed E-state index contributed by atoms with van der Waals surface area (Å²) < 4.78 is 0. The number of carboxylic acid groups (broad SMARTS) is 1. The third-order valence-corrected chi connectivity index (χ3v) is 5.00. The second-order valence-electron chi connectivity index (χ2n) is 7.22. The highest BCUT2D eigenvalue weighted by atomic mass is 35.5. The maximum atomic E-state index is 11.6. The van der Waals surface area contributed by atoms with Gasteiger partial charge in [0, 0.05) is 20.1 Å². The smallest absolute Gasteiger partial charge is 0.372 e. The molecule has 0 fully saturated rings. The summed E-state index contributed by atoms with van der Waals surface area (Å²) in [7, 11) is 1.62. The third kappa shape index (κ3) is 5.48. The van der Waals surface area contributed by atoms with Gasteiger partial charge >= 0.3 is 5.97 Å². The number of nitrogens with zero attached hydrogens (tertiary/aromatic N) is 1. The molecule has 178 valence electrons. The highest BCUT2D eigenvalue weighted by Gasteiger charge is 2.18. The summed E-state index contributed by atoms with van der Waals surface area (Å²) in [6.07, 6.45) is 0. The summed E-state index contributed by atoms with van der Waals surface area (Å²) in [5.41, 5.74) is 8.16. The fourth-order valence-corrected chi connectivity index (χ4v) is 3.32. The van der Waals surface area contributed by atoms with Crippen molar-refractivity contribution in [1.82, 2.24) is 9.97 Å². The molecule has 4 aromatic rings. The molecular weight excluding hydrogens is 462 g/mol. The van der Waals surface area contributed by atoms with Gasteiger partial charge in [-0.25, -0.2) is 9.78 Å². The molecule has 0 aliphatic heterocycles. The van der Waals surface area contributed by atoms with Gasteiger partial charge in [-0.2, -0.15) is 0 Å². The Kier molecular flexibility index (Phi) is 8.65. The fraction of sp³-hybridized carbons (Fsp3) is 0.174. The lowest BCUT2D eigenvalue weighted by Crippen LogP contribution is -2.36. The van der Waals surface area contributed by atoms with E-state index < -0.39 is 22.4 Å². The molecular formula is C23H24ClN5O5. The molecule has 0 saturated carbocycles. The van der Waals surface area contributed by atoms with Crippen LogP contribution in [0.1, 0.15) is 27.3 Å². The summed E-state index contributed by atoms with van der Waals surface area (Å²) in [6.45, 7) is 2.75. The highest BCUT2D eigenvalue weighted by Crippen LogP contribution is 2.15. The minimum atomic E-state index is -1.24. The number of fused-ring (bicyclic) bond motifs is 1. The van der Waals surface area contributed by atoms with Crippen molar-refractivity contribution in [2.24, 2.45) is 5.73 Å². The van der Waals surface area contributed by atoms with E-state index in [2.05, 4.69) is 20.6 Å². The molecule has 0 aliphatic rings. The van der Waals surface area contributed by atoms with E-state index in [4.69, 9.17) is 10.8 Å². The zero-order valence-electron chi connectivity index (χ0n) is 18.5. The van der Waals surface area contributed by atoms with Crippen molar-refractivity contribution in [3.63, 3.8) is 0 Å². The molecule has 4 rings (SSSR count). The number of anilines is 2. The molecule has 3 aromatic carbocycles. The molecule has 10 nitrogen and oxygen atoms in total. The Balaban J connectivity index is 0.000000237. The predicted molar refractivity (Wildman–Crippen MR) is 134 cm³/mol. The molecule has 0 amide bonds. The number of aryl methyl sites for hydroxylation is 1. The summed E-state index contributed by atoms with van der Waals surface area (Å²) in [5.74, 6) is -1.58. The van der Waals surface area contributed by atoms with Crippen molar-refractivity contribution < 1.29 is 9.90 Å². The molecule has 6 N–H and O–H groups in total. The Bertz CT molecular complexity index is 1460. The van der Waals surface area contributed by atoms with Crippen LogP contribution < -0.4 is 32.8 Å². The van der Waals surface area contributed by atoms with Crippen LogP contribution >= 0.6 is 12.4 Å². The number of hydrogen-bond donors (Lipinski definition) is 5. The topological polar surface area (TPSA) is 167 Å². The monoisotopic (exact) mass is 485 g/mol. The second kappa shape index (κ2) is 11.2. The van der Waals surface area contributed by atoms with Gasteiger partial charge in [-0.3, -0.25) is 14.4 Å². The normalized spacial score (nSPS) is 10.2. The Morgan fingerprint density at radius 2 is 1.71 bits per heavy atom. The minimum absolute atomic E-state index is 0. The van der Waals surface area contributed by atoms with E-state index >= 15 is 0 Å². The lowest BCUT2D eigenvalue weighted by atomic mass is 10.1. The zero-order valence-corrected chi connectivity index (χ0v) is 19.3. The van der Waals surface area contributed by atoms with Gasteiger partial charge < -0.3 is 26.5 Å². The van der Waals surface area contributed by atoms with Crippen molar-refractivity contribution >= 4 is 40.7 Å². The number of carbonyl (C=O) groups is 1. The molecule has 34 heavy (non-hydrogen) atoms. The van der Waals surface area contributed by atoms with Gasteiger partial charge in [0.15, 0.2) is 0 Å². The third-order valence-electron chi connectivity index (χ3n) is 5.00. The molecule has 0 saturated heterocycles. The average Bonchev–Trinajstić information content (AvgIpc) is 2.81. The lowest BCUT2D eigenvalue weighted by molar-refractivity contribution is 0.0683. The maximum absolute atomic E-state index is 11.6. The van der Waals surface area contributed by atoms with Crippen molar-refractivity contribution in [3.8, 4) is 0 Å².